The van der Waals surface area contributed by atoms with Crippen LogP contribution in [0.25, 0.3) is 33.4 Å². The third-order valence-electron chi connectivity index (χ3n) is 4.42. The number of aromatic amines is 2. The first-order valence-corrected chi connectivity index (χ1v) is 8.24. The van der Waals surface area contributed by atoms with Gasteiger partial charge in [0.15, 0.2) is 5.65 Å². The van der Waals surface area contributed by atoms with Gasteiger partial charge in [0.1, 0.15) is 17.2 Å². The van der Waals surface area contributed by atoms with Gasteiger partial charge >= 0.3 is 0 Å². The molecule has 0 aliphatic rings. The van der Waals surface area contributed by atoms with Gasteiger partial charge in [-0.05, 0) is 35.9 Å². The number of pyridine rings is 1. The number of H-pyrrole nitrogens is 2. The molecule has 0 radical (unpaired) electrons. The first-order chi connectivity index (χ1) is 13.1. The van der Waals surface area contributed by atoms with Crippen molar-refractivity contribution in [3.05, 3.63) is 58.9 Å². The fourth-order valence-electron chi connectivity index (χ4n) is 3.00. The summed E-state index contributed by atoms with van der Waals surface area (Å²) in [6.45, 7) is 0. The molecule has 0 spiro atoms. The number of phenolic OH excluding ortho intramolecular Hbond substituents is 1. The summed E-state index contributed by atoms with van der Waals surface area (Å²) >= 11 is 0. The van der Waals surface area contributed by atoms with E-state index in [1.165, 1.54) is 13.2 Å². The van der Waals surface area contributed by atoms with Crippen molar-refractivity contribution in [3.8, 4) is 39.6 Å². The molecule has 3 N–H and O–H groups in total. The molecule has 2 aromatic carbocycles. The van der Waals surface area contributed by atoms with Crippen molar-refractivity contribution in [3.63, 3.8) is 0 Å². The molecule has 0 amide bonds. The SMILES string of the molecule is COc1ccc(-c2cc3c(=O)[nH][nH]c3nc2-c2ccc(OC)cc2O)cc1. The van der Waals surface area contributed by atoms with Crippen molar-refractivity contribution < 1.29 is 14.6 Å². The van der Waals surface area contributed by atoms with Crippen molar-refractivity contribution in [2.45, 2.75) is 0 Å². The van der Waals surface area contributed by atoms with Gasteiger partial charge in [-0.25, -0.2) is 4.98 Å². The molecule has 2 heterocycles. The van der Waals surface area contributed by atoms with E-state index in [0.717, 1.165) is 16.9 Å². The summed E-state index contributed by atoms with van der Waals surface area (Å²) in [5.74, 6) is 1.30. The summed E-state index contributed by atoms with van der Waals surface area (Å²) in [6, 6.07) is 14.2. The number of nitrogens with one attached hydrogen (secondary N) is 2. The van der Waals surface area contributed by atoms with Gasteiger partial charge in [0.25, 0.3) is 5.56 Å². The molecule has 7 heteroatoms. The number of fused-ring (bicyclic) bond motifs is 1. The summed E-state index contributed by atoms with van der Waals surface area (Å²) in [5.41, 5.74) is 2.81. The zero-order chi connectivity index (χ0) is 19.0. The van der Waals surface area contributed by atoms with Crippen LogP contribution in [0, 0.1) is 0 Å². The highest BCUT2D eigenvalue weighted by molar-refractivity contribution is 5.91. The van der Waals surface area contributed by atoms with Gasteiger partial charge in [0, 0.05) is 17.2 Å². The summed E-state index contributed by atoms with van der Waals surface area (Å²) in [4.78, 5) is 16.6. The van der Waals surface area contributed by atoms with Gasteiger partial charge in [-0.15, -0.1) is 0 Å². The molecule has 4 rings (SSSR count). The van der Waals surface area contributed by atoms with E-state index in [4.69, 9.17) is 9.47 Å². The molecule has 27 heavy (non-hydrogen) atoms. The van der Waals surface area contributed by atoms with E-state index < -0.39 is 0 Å². The molecular formula is C20H17N3O4. The minimum absolute atomic E-state index is 0.0360. The van der Waals surface area contributed by atoms with Crippen LogP contribution in [0.2, 0.25) is 0 Å². The first kappa shape index (κ1) is 16.7. The predicted molar refractivity (Wildman–Crippen MR) is 102 cm³/mol. The van der Waals surface area contributed by atoms with Gasteiger partial charge in [-0.2, -0.15) is 0 Å². The number of aromatic nitrogens is 3. The van der Waals surface area contributed by atoms with Crippen molar-refractivity contribution in [2.75, 3.05) is 14.2 Å². The molecule has 0 saturated carbocycles. The maximum Gasteiger partial charge on any atom is 0.273 e. The van der Waals surface area contributed by atoms with Crippen LogP contribution >= 0.6 is 0 Å². The molecule has 0 bridgehead atoms. The lowest BCUT2D eigenvalue weighted by atomic mass is 9.97. The van der Waals surface area contributed by atoms with Crippen LogP contribution in [0.4, 0.5) is 0 Å². The Bertz CT molecular complexity index is 1180. The highest BCUT2D eigenvalue weighted by Gasteiger charge is 2.17. The molecule has 0 fully saturated rings. The van der Waals surface area contributed by atoms with E-state index in [9.17, 15) is 9.90 Å². The number of ether oxygens (including phenoxy) is 2. The molecule has 4 aromatic rings. The Balaban J connectivity index is 1.99. The van der Waals surface area contributed by atoms with Crippen LogP contribution in [0.3, 0.4) is 0 Å². The topological polar surface area (TPSA) is 100 Å². The second kappa shape index (κ2) is 6.53. The van der Waals surface area contributed by atoms with Crippen molar-refractivity contribution in [1.29, 1.82) is 0 Å². The Hall–Kier alpha value is -3.74. The summed E-state index contributed by atoms with van der Waals surface area (Å²) in [7, 11) is 3.13. The van der Waals surface area contributed by atoms with Gasteiger partial charge in [0.2, 0.25) is 0 Å². The number of phenols is 1. The molecule has 0 aliphatic heterocycles. The fraction of sp³-hybridized carbons (Fsp3) is 0.100. The van der Waals surface area contributed by atoms with Gasteiger partial charge in [-0.3, -0.25) is 15.0 Å². The number of rotatable bonds is 4. The maximum atomic E-state index is 12.0. The van der Waals surface area contributed by atoms with E-state index >= 15 is 0 Å². The van der Waals surface area contributed by atoms with Crippen LogP contribution in [0.1, 0.15) is 0 Å². The summed E-state index contributed by atoms with van der Waals surface area (Å²) in [6.07, 6.45) is 0. The lowest BCUT2D eigenvalue weighted by Gasteiger charge is -2.12. The quantitative estimate of drug-likeness (QED) is 0.516. The van der Waals surface area contributed by atoms with Gasteiger partial charge in [-0.1, -0.05) is 12.1 Å². The Kier molecular flexibility index (Phi) is 4.04. The van der Waals surface area contributed by atoms with E-state index in [2.05, 4.69) is 15.2 Å². The van der Waals surface area contributed by atoms with Crippen LogP contribution in [0.5, 0.6) is 17.2 Å². The average molecular weight is 363 g/mol. The minimum Gasteiger partial charge on any atom is -0.507 e. The van der Waals surface area contributed by atoms with E-state index in [-0.39, 0.29) is 11.3 Å². The monoisotopic (exact) mass is 363 g/mol. The highest BCUT2D eigenvalue weighted by atomic mass is 16.5. The summed E-state index contributed by atoms with van der Waals surface area (Å²) in [5, 5.41) is 16.2. The Labute approximate surface area is 154 Å². The fourth-order valence-corrected chi connectivity index (χ4v) is 3.00. The molecule has 0 aliphatic carbocycles. The van der Waals surface area contributed by atoms with E-state index in [0.29, 0.717) is 28.0 Å². The number of hydrogen-bond donors (Lipinski definition) is 3. The van der Waals surface area contributed by atoms with Gasteiger partial charge < -0.3 is 14.6 Å². The summed E-state index contributed by atoms with van der Waals surface area (Å²) < 4.78 is 10.4. The highest BCUT2D eigenvalue weighted by Crippen LogP contribution is 2.38. The van der Waals surface area contributed by atoms with Crippen molar-refractivity contribution in [1.82, 2.24) is 15.2 Å². The Morgan fingerprint density at radius 1 is 0.889 bits per heavy atom. The number of nitrogens with zero attached hydrogens (tertiary/aromatic N) is 1. The van der Waals surface area contributed by atoms with E-state index in [1.54, 1.807) is 25.3 Å². The third kappa shape index (κ3) is 2.89. The van der Waals surface area contributed by atoms with Crippen LogP contribution in [0.15, 0.2) is 53.3 Å². The molecule has 0 atom stereocenters. The Morgan fingerprint density at radius 2 is 1.59 bits per heavy atom. The average Bonchev–Trinajstić information content (AvgIpc) is 3.07. The zero-order valence-electron chi connectivity index (χ0n) is 14.7. The van der Waals surface area contributed by atoms with Crippen molar-refractivity contribution >= 4 is 11.0 Å². The smallest absolute Gasteiger partial charge is 0.273 e. The molecule has 136 valence electrons. The Morgan fingerprint density at radius 3 is 2.26 bits per heavy atom. The van der Waals surface area contributed by atoms with E-state index in [1.807, 2.05) is 24.3 Å². The number of hydrogen-bond acceptors (Lipinski definition) is 5. The number of benzene rings is 2. The zero-order valence-corrected chi connectivity index (χ0v) is 14.7. The number of methoxy groups -OCH3 is 2. The molecule has 0 unspecified atom stereocenters. The standard InChI is InChI=1S/C20H17N3O4/c1-26-12-5-3-11(4-6-12)15-10-16-19(22-23-20(16)25)21-18(15)14-8-7-13(27-2)9-17(14)24/h3-10,24H,1-2H3,(H2,21,22,23,25). The van der Waals surface area contributed by atoms with Crippen LogP contribution < -0.4 is 15.0 Å². The predicted octanol–water partition coefficient (Wildman–Crippen LogP) is 3.31. The molecule has 2 aromatic heterocycles. The second-order valence-electron chi connectivity index (χ2n) is 5.97. The maximum absolute atomic E-state index is 12.0. The van der Waals surface area contributed by atoms with Crippen LogP contribution in [-0.4, -0.2) is 34.5 Å². The molecule has 7 nitrogen and oxygen atoms in total. The second-order valence-corrected chi connectivity index (χ2v) is 5.97. The van der Waals surface area contributed by atoms with Crippen molar-refractivity contribution in [2.24, 2.45) is 0 Å². The molecular weight excluding hydrogens is 346 g/mol. The van der Waals surface area contributed by atoms with Crippen LogP contribution in [-0.2, 0) is 0 Å². The lowest BCUT2D eigenvalue weighted by molar-refractivity contribution is 0.408. The largest absolute Gasteiger partial charge is 0.507 e. The first-order valence-electron chi connectivity index (χ1n) is 8.24. The lowest BCUT2D eigenvalue weighted by Crippen LogP contribution is -1.99. The van der Waals surface area contributed by atoms with Gasteiger partial charge in [0.05, 0.1) is 25.3 Å². The number of aromatic hydroxyl groups is 1. The normalized spacial score (nSPS) is 10.9. The third-order valence-corrected chi connectivity index (χ3v) is 4.42. The minimum atomic E-state index is -0.252. The molecule has 0 saturated heterocycles.